The van der Waals surface area contributed by atoms with Gasteiger partial charge in [0.25, 0.3) is 0 Å². The van der Waals surface area contributed by atoms with E-state index in [1.807, 2.05) is 35.2 Å². The Labute approximate surface area is 250 Å². The van der Waals surface area contributed by atoms with Gasteiger partial charge < -0.3 is 19.8 Å². The van der Waals surface area contributed by atoms with Crippen LogP contribution in [0.2, 0.25) is 0 Å². The van der Waals surface area contributed by atoms with E-state index in [0.29, 0.717) is 26.1 Å². The molecule has 3 heterocycles. The van der Waals surface area contributed by atoms with Crippen LogP contribution in [-0.2, 0) is 14.4 Å². The highest BCUT2D eigenvalue weighted by molar-refractivity contribution is 8.02. The number of carbonyl (C=O) groups excluding carboxylic acids is 3. The summed E-state index contributed by atoms with van der Waals surface area (Å²) in [4.78, 5) is 48.9. The van der Waals surface area contributed by atoms with Crippen molar-refractivity contribution in [2.24, 2.45) is 23.7 Å². The van der Waals surface area contributed by atoms with Gasteiger partial charge in [0.05, 0.1) is 29.2 Å². The second kappa shape index (κ2) is 13.2. The predicted molar refractivity (Wildman–Crippen MR) is 167 cm³/mol. The summed E-state index contributed by atoms with van der Waals surface area (Å²) in [6.45, 7) is 17.2. The second-order valence-electron chi connectivity index (χ2n) is 12.3. The number of benzene rings is 1. The van der Waals surface area contributed by atoms with E-state index in [1.165, 1.54) is 0 Å². The summed E-state index contributed by atoms with van der Waals surface area (Å²) in [7, 11) is 0. The zero-order valence-electron chi connectivity index (χ0n) is 25.1. The Morgan fingerprint density at radius 1 is 1.17 bits per heavy atom. The third-order valence-corrected chi connectivity index (χ3v) is 11.2. The Morgan fingerprint density at radius 2 is 1.85 bits per heavy atom. The van der Waals surface area contributed by atoms with E-state index in [2.05, 4.69) is 40.9 Å². The van der Waals surface area contributed by atoms with Gasteiger partial charge in [-0.1, -0.05) is 64.5 Å². The molecule has 8 heteroatoms. The number of anilines is 1. The van der Waals surface area contributed by atoms with Gasteiger partial charge in [0, 0.05) is 30.6 Å². The van der Waals surface area contributed by atoms with Gasteiger partial charge in [0.1, 0.15) is 6.04 Å². The standard InChI is InChI=1S/C33H47N3O4S/c1-7-10-18-34(16-8-2)32(40)29-33-23(6)20-26(41-33)27(28(33)31(39)36(29)25(21-37)19-22(4)5)30(38)35(17-9-3)24-14-12-11-13-15-24/h8-9,11-15,22-23,25-29,37H,2-3,7,10,16-21H2,1,4-6H3/t23?,25-,26-,27+,28+,29?,33?/m1/s1. The van der Waals surface area contributed by atoms with E-state index in [-0.39, 0.29) is 41.4 Å². The molecule has 1 aromatic rings. The molecule has 7 nitrogen and oxygen atoms in total. The summed E-state index contributed by atoms with van der Waals surface area (Å²) >= 11 is 1.68. The van der Waals surface area contributed by atoms with Gasteiger partial charge in [0.2, 0.25) is 17.7 Å². The first kappa shape index (κ1) is 31.4. The Bertz CT molecular complexity index is 1130. The number of nitrogens with zero attached hydrogens (tertiary/aromatic N) is 3. The summed E-state index contributed by atoms with van der Waals surface area (Å²) in [5, 5.41) is 10.5. The fraction of sp³-hybridized carbons (Fsp3) is 0.606. The SMILES string of the molecule is C=CCN(CCCC)C(=O)C1N([C@@H](CO)CC(C)C)C(=O)[C@@H]2[C@@H](C(=O)N(CC=C)c3ccccc3)[C@H]3CC(C)C12S3. The second-order valence-corrected chi connectivity index (χ2v) is 13.8. The quantitative estimate of drug-likeness (QED) is 0.321. The first-order valence-electron chi connectivity index (χ1n) is 15.2. The first-order chi connectivity index (χ1) is 19.7. The number of thioether (sulfide) groups is 1. The molecule has 3 aliphatic heterocycles. The minimum absolute atomic E-state index is 0.0545. The summed E-state index contributed by atoms with van der Waals surface area (Å²) in [6.07, 6.45) is 6.60. The molecule has 3 fully saturated rings. The van der Waals surface area contributed by atoms with Crippen molar-refractivity contribution in [3.8, 4) is 0 Å². The lowest BCUT2D eigenvalue weighted by Crippen LogP contribution is -2.59. The molecule has 3 saturated heterocycles. The fourth-order valence-electron chi connectivity index (χ4n) is 7.44. The number of rotatable bonds is 14. The summed E-state index contributed by atoms with van der Waals surface area (Å²) < 4.78 is -0.730. The molecular formula is C33H47N3O4S. The maximum Gasteiger partial charge on any atom is 0.247 e. The van der Waals surface area contributed by atoms with Crippen molar-refractivity contribution in [1.82, 2.24) is 9.80 Å². The van der Waals surface area contributed by atoms with Gasteiger partial charge >= 0.3 is 0 Å². The van der Waals surface area contributed by atoms with E-state index in [9.17, 15) is 19.5 Å². The summed E-state index contributed by atoms with van der Waals surface area (Å²) in [6, 6.07) is 8.29. The Balaban J connectivity index is 1.82. The van der Waals surface area contributed by atoms with Crippen molar-refractivity contribution >= 4 is 35.2 Å². The molecule has 224 valence electrons. The van der Waals surface area contributed by atoms with Crippen LogP contribution in [0.25, 0.3) is 0 Å². The lowest BCUT2D eigenvalue weighted by atomic mass is 9.65. The Morgan fingerprint density at radius 3 is 2.44 bits per heavy atom. The molecule has 1 spiro atoms. The van der Waals surface area contributed by atoms with Crippen LogP contribution in [0.15, 0.2) is 55.6 Å². The van der Waals surface area contributed by atoms with E-state index < -0.39 is 28.7 Å². The number of unbranched alkanes of at least 4 members (excludes halogenated alkanes) is 1. The number of hydrogen-bond donors (Lipinski definition) is 1. The average Bonchev–Trinajstić information content (AvgIpc) is 3.56. The van der Waals surface area contributed by atoms with Crippen molar-refractivity contribution < 1.29 is 19.5 Å². The maximum atomic E-state index is 14.7. The van der Waals surface area contributed by atoms with Crippen LogP contribution >= 0.6 is 11.8 Å². The third-order valence-electron chi connectivity index (χ3n) is 9.14. The Kier molecular flexibility index (Phi) is 10.1. The third kappa shape index (κ3) is 5.50. The highest BCUT2D eigenvalue weighted by Crippen LogP contribution is 2.69. The topological polar surface area (TPSA) is 81.2 Å². The van der Waals surface area contributed by atoms with E-state index in [1.54, 1.807) is 33.7 Å². The van der Waals surface area contributed by atoms with Crippen LogP contribution in [-0.4, -0.2) is 80.9 Å². The predicted octanol–water partition coefficient (Wildman–Crippen LogP) is 4.76. The minimum Gasteiger partial charge on any atom is -0.394 e. The average molecular weight is 582 g/mol. The summed E-state index contributed by atoms with van der Waals surface area (Å²) in [5.41, 5.74) is 0.770. The van der Waals surface area contributed by atoms with Crippen LogP contribution in [0.5, 0.6) is 0 Å². The van der Waals surface area contributed by atoms with Gasteiger partial charge in [-0.3, -0.25) is 14.4 Å². The number of hydrogen-bond acceptors (Lipinski definition) is 5. The summed E-state index contributed by atoms with van der Waals surface area (Å²) in [5.74, 6) is -1.24. The van der Waals surface area contributed by atoms with Gasteiger partial charge in [-0.15, -0.1) is 24.9 Å². The van der Waals surface area contributed by atoms with Gasteiger partial charge in [-0.2, -0.15) is 0 Å². The van der Waals surface area contributed by atoms with Crippen molar-refractivity contribution in [2.75, 3.05) is 31.1 Å². The number of aliphatic hydroxyl groups excluding tert-OH is 1. The van der Waals surface area contributed by atoms with Crippen molar-refractivity contribution in [1.29, 1.82) is 0 Å². The number of amides is 3. The molecule has 1 N–H and O–H groups in total. The van der Waals surface area contributed by atoms with E-state index >= 15 is 0 Å². The Hall–Kier alpha value is -2.58. The molecule has 3 amide bonds. The molecule has 3 unspecified atom stereocenters. The number of fused-ring (bicyclic) bond motifs is 1. The van der Waals surface area contributed by atoms with Crippen molar-refractivity contribution in [3.05, 3.63) is 55.6 Å². The number of para-hydroxylation sites is 1. The molecule has 4 rings (SSSR count). The lowest BCUT2D eigenvalue weighted by Gasteiger charge is -2.42. The molecule has 2 bridgehead atoms. The smallest absolute Gasteiger partial charge is 0.247 e. The fourth-order valence-corrected chi connectivity index (χ4v) is 9.84. The zero-order chi connectivity index (χ0) is 29.9. The van der Waals surface area contributed by atoms with Gasteiger partial charge in [-0.05, 0) is 43.2 Å². The molecule has 41 heavy (non-hydrogen) atoms. The van der Waals surface area contributed by atoms with Crippen LogP contribution in [0.3, 0.4) is 0 Å². The maximum absolute atomic E-state index is 14.7. The largest absolute Gasteiger partial charge is 0.394 e. The lowest BCUT2D eigenvalue weighted by molar-refractivity contribution is -0.146. The molecule has 0 aromatic heterocycles. The van der Waals surface area contributed by atoms with Crippen molar-refractivity contribution in [3.63, 3.8) is 0 Å². The number of aliphatic hydroxyl groups is 1. The minimum atomic E-state index is -0.736. The van der Waals surface area contributed by atoms with Gasteiger partial charge in [-0.25, -0.2) is 0 Å². The monoisotopic (exact) mass is 581 g/mol. The molecular weight excluding hydrogens is 534 g/mol. The molecule has 0 aliphatic carbocycles. The van der Waals surface area contributed by atoms with Gasteiger partial charge in [0.15, 0.2) is 0 Å². The molecule has 0 radical (unpaired) electrons. The van der Waals surface area contributed by atoms with Crippen LogP contribution in [0.4, 0.5) is 5.69 Å². The van der Waals surface area contributed by atoms with Crippen LogP contribution < -0.4 is 4.90 Å². The van der Waals surface area contributed by atoms with Crippen LogP contribution in [0.1, 0.15) is 53.4 Å². The number of carbonyl (C=O) groups is 3. The van der Waals surface area contributed by atoms with E-state index in [0.717, 1.165) is 24.9 Å². The highest BCUT2D eigenvalue weighted by atomic mass is 32.2. The van der Waals surface area contributed by atoms with Crippen molar-refractivity contribution in [2.45, 2.75) is 75.5 Å². The zero-order valence-corrected chi connectivity index (χ0v) is 25.9. The molecule has 1 aromatic carbocycles. The van der Waals surface area contributed by atoms with E-state index in [4.69, 9.17) is 0 Å². The number of likely N-dealkylation sites (tertiary alicyclic amines) is 1. The molecule has 7 atom stereocenters. The normalized spacial score (nSPS) is 29.0. The van der Waals surface area contributed by atoms with Crippen LogP contribution in [0, 0.1) is 23.7 Å². The first-order valence-corrected chi connectivity index (χ1v) is 16.0. The molecule has 3 aliphatic rings. The molecule has 0 saturated carbocycles. The highest BCUT2D eigenvalue weighted by Gasteiger charge is 2.77.